The molecule has 0 spiro atoms. The first-order valence-corrected chi connectivity index (χ1v) is 9.97. The average molecular weight is 436 g/mol. The highest BCUT2D eigenvalue weighted by molar-refractivity contribution is 6.01. The first-order valence-electron chi connectivity index (χ1n) is 9.97. The predicted molar refractivity (Wildman–Crippen MR) is 106 cm³/mol. The van der Waals surface area contributed by atoms with Crippen LogP contribution < -0.4 is 11.1 Å². The number of benzene rings is 1. The van der Waals surface area contributed by atoms with Gasteiger partial charge in [-0.2, -0.15) is 18.3 Å². The van der Waals surface area contributed by atoms with Crippen LogP contribution in [0.25, 0.3) is 5.69 Å². The molecular weight excluding hydrogens is 413 g/mol. The Morgan fingerprint density at radius 3 is 2.68 bits per heavy atom. The number of nitrogens with one attached hydrogen (secondary N) is 1. The Labute approximate surface area is 176 Å². The van der Waals surface area contributed by atoms with Crippen LogP contribution in [0.5, 0.6) is 0 Å². The second-order valence-electron chi connectivity index (χ2n) is 8.82. The summed E-state index contributed by atoms with van der Waals surface area (Å²) in [6, 6.07) is 4.67. The summed E-state index contributed by atoms with van der Waals surface area (Å²) >= 11 is 0. The summed E-state index contributed by atoms with van der Waals surface area (Å²) in [6.45, 7) is 4.74. The van der Waals surface area contributed by atoms with Gasteiger partial charge in [-0.25, -0.2) is 4.68 Å². The number of ether oxygens (including phenoxy) is 1. The molecule has 3 N–H and O–H groups in total. The van der Waals surface area contributed by atoms with E-state index < -0.39 is 34.5 Å². The maximum Gasteiger partial charge on any atom is 0.435 e. The van der Waals surface area contributed by atoms with Gasteiger partial charge in [0.25, 0.3) is 5.91 Å². The van der Waals surface area contributed by atoms with Crippen LogP contribution in [0.3, 0.4) is 0 Å². The van der Waals surface area contributed by atoms with Gasteiger partial charge in [0.15, 0.2) is 11.5 Å². The van der Waals surface area contributed by atoms with Gasteiger partial charge in [-0.3, -0.25) is 9.59 Å². The molecule has 10 heteroatoms. The standard InChI is InChI=1S/C21H23F3N4O3/c1-20(2)8-15-17(16(29)9-20)18(21(22,23)24)27-28(15)14-7-11(3-4-13(14)19(25)30)26-12-5-6-31-10-12/h3-4,7,12,26H,5-6,8-10H2,1-2H3,(H2,25,30). The number of rotatable bonds is 4. The van der Waals surface area contributed by atoms with Gasteiger partial charge in [0.1, 0.15) is 0 Å². The molecule has 2 aliphatic rings. The predicted octanol–water partition coefficient (Wildman–Crippen LogP) is 3.35. The Hall–Kier alpha value is -2.88. The molecule has 4 rings (SSSR count). The maximum absolute atomic E-state index is 13.7. The second kappa shape index (κ2) is 7.37. The lowest BCUT2D eigenvalue weighted by Gasteiger charge is -2.29. The molecule has 1 unspecified atom stereocenters. The third kappa shape index (κ3) is 4.04. The lowest BCUT2D eigenvalue weighted by atomic mass is 9.75. The van der Waals surface area contributed by atoms with Crippen LogP contribution >= 0.6 is 0 Å². The smallest absolute Gasteiger partial charge is 0.380 e. The summed E-state index contributed by atoms with van der Waals surface area (Å²) in [5.41, 5.74) is 4.15. The molecule has 2 aromatic rings. The number of Topliss-reactive ketones (excluding diaryl/α,β-unsaturated/α-hetero) is 1. The molecule has 1 aliphatic heterocycles. The molecule has 31 heavy (non-hydrogen) atoms. The van der Waals surface area contributed by atoms with Crippen LogP contribution in [0.4, 0.5) is 18.9 Å². The number of amides is 1. The zero-order valence-corrected chi connectivity index (χ0v) is 17.2. The Morgan fingerprint density at radius 2 is 2.06 bits per heavy atom. The summed E-state index contributed by atoms with van der Waals surface area (Å²) in [4.78, 5) is 24.7. The molecule has 2 heterocycles. The number of nitrogens with zero attached hydrogens (tertiary/aromatic N) is 2. The number of primary amides is 1. The molecule has 166 valence electrons. The number of halogens is 3. The molecule has 7 nitrogen and oxygen atoms in total. The second-order valence-corrected chi connectivity index (χ2v) is 8.82. The SMILES string of the molecule is CC1(C)CC(=O)c2c(C(F)(F)F)nn(-c3cc(NC4CCOC4)ccc3C(N)=O)c2C1. The Morgan fingerprint density at radius 1 is 1.32 bits per heavy atom. The number of hydrogen-bond acceptors (Lipinski definition) is 5. The van der Waals surface area contributed by atoms with Crippen molar-refractivity contribution in [2.75, 3.05) is 18.5 Å². The van der Waals surface area contributed by atoms with Gasteiger partial charge in [-0.15, -0.1) is 0 Å². The lowest BCUT2D eigenvalue weighted by Crippen LogP contribution is -2.29. The number of hydrogen-bond donors (Lipinski definition) is 2. The summed E-state index contributed by atoms with van der Waals surface area (Å²) < 4.78 is 47.6. The molecule has 1 aromatic carbocycles. The number of anilines is 1. The summed E-state index contributed by atoms with van der Waals surface area (Å²) in [6.07, 6.45) is -3.84. The number of fused-ring (bicyclic) bond motifs is 1. The first-order chi connectivity index (χ1) is 14.5. The Balaban J connectivity index is 1.90. The normalized spacial score (nSPS) is 20.5. The van der Waals surface area contributed by atoms with Crippen LogP contribution in [0.1, 0.15) is 58.8 Å². The van der Waals surface area contributed by atoms with Crippen LogP contribution in [-0.2, 0) is 17.3 Å². The van der Waals surface area contributed by atoms with Gasteiger partial charge in [-0.05, 0) is 36.5 Å². The summed E-state index contributed by atoms with van der Waals surface area (Å²) in [7, 11) is 0. The quantitative estimate of drug-likeness (QED) is 0.766. The summed E-state index contributed by atoms with van der Waals surface area (Å²) in [5.74, 6) is -1.41. The fourth-order valence-electron chi connectivity index (χ4n) is 4.23. The molecule has 0 radical (unpaired) electrons. The average Bonchev–Trinajstić information content (AvgIpc) is 3.27. The zero-order valence-electron chi connectivity index (χ0n) is 17.2. The van der Waals surface area contributed by atoms with E-state index in [4.69, 9.17) is 10.5 Å². The van der Waals surface area contributed by atoms with Crippen molar-refractivity contribution in [3.63, 3.8) is 0 Å². The number of alkyl halides is 3. The van der Waals surface area contributed by atoms with Gasteiger partial charge in [-0.1, -0.05) is 13.8 Å². The van der Waals surface area contributed by atoms with E-state index in [-0.39, 0.29) is 35.8 Å². The largest absolute Gasteiger partial charge is 0.435 e. The fourth-order valence-corrected chi connectivity index (χ4v) is 4.23. The minimum atomic E-state index is -4.81. The van der Waals surface area contributed by atoms with E-state index in [2.05, 4.69) is 10.4 Å². The van der Waals surface area contributed by atoms with Crippen molar-refractivity contribution in [2.24, 2.45) is 11.1 Å². The number of nitrogens with two attached hydrogens (primary N) is 1. The number of carbonyl (C=O) groups excluding carboxylic acids is 2. The van der Waals surface area contributed by atoms with E-state index in [1.807, 2.05) is 13.8 Å². The van der Waals surface area contributed by atoms with Gasteiger partial charge in [0.05, 0.1) is 35.2 Å². The van der Waals surface area contributed by atoms with Gasteiger partial charge >= 0.3 is 6.18 Å². The minimum Gasteiger partial charge on any atom is -0.380 e. The van der Waals surface area contributed by atoms with Crippen molar-refractivity contribution >= 4 is 17.4 Å². The van der Waals surface area contributed by atoms with Crippen molar-refractivity contribution in [2.45, 2.75) is 45.3 Å². The van der Waals surface area contributed by atoms with Crippen LogP contribution in [0.15, 0.2) is 18.2 Å². The molecule has 1 saturated heterocycles. The fraction of sp³-hybridized carbons (Fsp3) is 0.476. The van der Waals surface area contributed by atoms with E-state index in [9.17, 15) is 22.8 Å². The highest BCUT2D eigenvalue weighted by Crippen LogP contribution is 2.42. The van der Waals surface area contributed by atoms with Gasteiger partial charge in [0, 0.05) is 18.7 Å². The highest BCUT2D eigenvalue weighted by Gasteiger charge is 2.45. The number of carbonyl (C=O) groups is 2. The highest BCUT2D eigenvalue weighted by atomic mass is 19.4. The third-order valence-corrected chi connectivity index (χ3v) is 5.61. The molecule has 1 aliphatic carbocycles. The molecular formula is C21H23F3N4O3. The molecule has 0 bridgehead atoms. The van der Waals surface area contributed by atoms with E-state index >= 15 is 0 Å². The topological polar surface area (TPSA) is 99.2 Å². The maximum atomic E-state index is 13.7. The van der Waals surface area contributed by atoms with E-state index in [0.717, 1.165) is 11.1 Å². The van der Waals surface area contributed by atoms with Crippen LogP contribution in [-0.4, -0.2) is 40.7 Å². The number of aromatic nitrogens is 2. The van der Waals surface area contributed by atoms with Crippen molar-refractivity contribution in [1.29, 1.82) is 0 Å². The molecule has 1 aromatic heterocycles. The van der Waals surface area contributed by atoms with Gasteiger partial charge < -0.3 is 15.8 Å². The molecule has 1 atom stereocenters. The Bertz CT molecular complexity index is 1050. The zero-order chi connectivity index (χ0) is 22.6. The Kier molecular flexibility index (Phi) is 5.07. The van der Waals surface area contributed by atoms with E-state index in [0.29, 0.717) is 18.9 Å². The molecule has 1 amide bonds. The van der Waals surface area contributed by atoms with Crippen molar-refractivity contribution in [3.8, 4) is 5.69 Å². The van der Waals surface area contributed by atoms with Crippen LogP contribution in [0.2, 0.25) is 0 Å². The molecule has 1 fully saturated rings. The number of ketones is 1. The summed E-state index contributed by atoms with van der Waals surface area (Å²) in [5, 5.41) is 7.03. The van der Waals surface area contributed by atoms with Crippen molar-refractivity contribution < 1.29 is 27.5 Å². The third-order valence-electron chi connectivity index (χ3n) is 5.61. The first kappa shape index (κ1) is 21.4. The lowest BCUT2D eigenvalue weighted by molar-refractivity contribution is -0.141. The van der Waals surface area contributed by atoms with E-state index in [1.54, 1.807) is 6.07 Å². The van der Waals surface area contributed by atoms with Crippen molar-refractivity contribution in [1.82, 2.24) is 9.78 Å². The van der Waals surface area contributed by atoms with Crippen molar-refractivity contribution in [3.05, 3.63) is 40.7 Å². The monoisotopic (exact) mass is 436 g/mol. The van der Waals surface area contributed by atoms with Gasteiger partial charge in [0.2, 0.25) is 0 Å². The van der Waals surface area contributed by atoms with Crippen LogP contribution in [0, 0.1) is 5.41 Å². The minimum absolute atomic E-state index is 0.0132. The van der Waals surface area contributed by atoms with E-state index in [1.165, 1.54) is 12.1 Å². The molecule has 0 saturated carbocycles.